The van der Waals surface area contributed by atoms with Gasteiger partial charge in [0.25, 0.3) is 5.91 Å². The summed E-state index contributed by atoms with van der Waals surface area (Å²) in [5, 5.41) is 12.9. The highest BCUT2D eigenvalue weighted by atomic mass is 16.4. The Morgan fingerprint density at radius 2 is 1.25 bits per heavy atom. The molecule has 0 atom stereocenters. The van der Waals surface area contributed by atoms with Gasteiger partial charge in [0, 0.05) is 18.4 Å². The Labute approximate surface area is 196 Å². The van der Waals surface area contributed by atoms with E-state index in [0.29, 0.717) is 12.1 Å². The predicted octanol–water partition coefficient (Wildman–Crippen LogP) is 7.34. The zero-order chi connectivity index (χ0) is 23.9. The van der Waals surface area contributed by atoms with Gasteiger partial charge in [-0.05, 0) is 32.4 Å². The fourth-order valence-electron chi connectivity index (χ4n) is 3.62. The number of hydrogen-bond donors (Lipinski definition) is 1. The summed E-state index contributed by atoms with van der Waals surface area (Å²) < 4.78 is 0. The van der Waals surface area contributed by atoms with Crippen LogP contribution in [-0.2, 0) is 9.90 Å². The largest absolute Gasteiger partial charge is 0.355 e. The number of unbranched alkanes of at least 4 members (excludes halogenated alkanes) is 14. The minimum absolute atomic E-state index is 0.0527. The van der Waals surface area contributed by atoms with Gasteiger partial charge in [-0.15, -0.1) is 0 Å². The number of pyridine rings is 1. The van der Waals surface area contributed by atoms with E-state index < -0.39 is 5.97 Å². The van der Waals surface area contributed by atoms with Crippen molar-refractivity contribution in [2.75, 3.05) is 6.54 Å². The lowest BCUT2D eigenvalue weighted by atomic mass is 10.0. The normalized spacial score (nSPS) is 10.3. The number of hydrogen-bond acceptors (Lipinski definition) is 3. The van der Waals surface area contributed by atoms with Crippen LogP contribution in [0.4, 0.5) is 0 Å². The summed E-state index contributed by atoms with van der Waals surface area (Å²) in [5.74, 6) is -0.956. The van der Waals surface area contributed by atoms with E-state index in [9.17, 15) is 14.7 Å². The first-order valence-corrected chi connectivity index (χ1v) is 12.9. The zero-order valence-electron chi connectivity index (χ0n) is 20.9. The van der Waals surface area contributed by atoms with E-state index in [1.54, 1.807) is 18.3 Å². The van der Waals surface area contributed by atoms with Gasteiger partial charge in [0.2, 0.25) is 0 Å². The molecule has 1 heterocycles. The Kier molecular flexibility index (Phi) is 21.0. The van der Waals surface area contributed by atoms with Crippen molar-refractivity contribution < 1.29 is 14.7 Å². The molecular formula is C27H47N2O3. The highest BCUT2D eigenvalue weighted by Crippen LogP contribution is 2.13. The highest BCUT2D eigenvalue weighted by Gasteiger charge is 2.06. The molecule has 0 saturated heterocycles. The average Bonchev–Trinajstić information content (AvgIpc) is 2.77. The van der Waals surface area contributed by atoms with Gasteiger partial charge < -0.3 is 5.32 Å². The molecule has 5 nitrogen and oxygen atoms in total. The van der Waals surface area contributed by atoms with Crippen molar-refractivity contribution in [3.8, 4) is 0 Å². The van der Waals surface area contributed by atoms with Gasteiger partial charge in [0.05, 0.1) is 12.0 Å². The molecule has 0 aliphatic carbocycles. The molecule has 0 aromatic carbocycles. The number of carbonyl (C=O) groups is 2. The van der Waals surface area contributed by atoms with Crippen molar-refractivity contribution >= 4 is 11.9 Å². The molecule has 0 aliphatic rings. The van der Waals surface area contributed by atoms with Crippen molar-refractivity contribution in [3.05, 3.63) is 29.6 Å². The van der Waals surface area contributed by atoms with Gasteiger partial charge in [-0.1, -0.05) is 96.8 Å². The molecule has 1 radical (unpaired) electrons. The molecule has 1 aromatic rings. The van der Waals surface area contributed by atoms with E-state index in [4.69, 9.17) is 0 Å². The summed E-state index contributed by atoms with van der Waals surface area (Å²) in [5.41, 5.74) is 1.42. The van der Waals surface area contributed by atoms with Crippen LogP contribution in [0.3, 0.4) is 0 Å². The number of aryl methyl sites for hydroxylation is 1. The third-order valence-corrected chi connectivity index (χ3v) is 5.57. The van der Waals surface area contributed by atoms with Crippen LogP contribution in [0.15, 0.2) is 18.3 Å². The second kappa shape index (κ2) is 22.3. The molecule has 0 aliphatic heterocycles. The zero-order valence-corrected chi connectivity index (χ0v) is 20.9. The van der Waals surface area contributed by atoms with Gasteiger partial charge in [-0.3, -0.25) is 9.78 Å². The predicted molar refractivity (Wildman–Crippen MR) is 132 cm³/mol. The number of nitrogens with one attached hydrogen (secondary N) is 1. The van der Waals surface area contributed by atoms with Crippen LogP contribution < -0.4 is 5.32 Å². The lowest BCUT2D eigenvalue weighted by molar-refractivity contribution is -0.143. The van der Waals surface area contributed by atoms with Crippen LogP contribution >= 0.6 is 0 Å². The summed E-state index contributed by atoms with van der Waals surface area (Å²) in [6.07, 6.45) is 21.5. The molecule has 1 amide bonds. The minimum Gasteiger partial charge on any atom is -0.352 e. The Balaban J connectivity index is 0.000000677. The van der Waals surface area contributed by atoms with Crippen LogP contribution in [0.1, 0.15) is 133 Å². The van der Waals surface area contributed by atoms with Gasteiger partial charge in [0.15, 0.2) is 0 Å². The molecule has 183 valence electrons. The third kappa shape index (κ3) is 18.8. The Morgan fingerprint density at radius 1 is 0.781 bits per heavy atom. The Morgan fingerprint density at radius 3 is 1.66 bits per heavy atom. The topological polar surface area (TPSA) is 79.0 Å². The summed E-state index contributed by atoms with van der Waals surface area (Å²) in [6.45, 7) is 6.63. The van der Waals surface area contributed by atoms with E-state index in [1.807, 2.05) is 13.8 Å². The first kappa shape index (κ1) is 30.1. The summed E-state index contributed by atoms with van der Waals surface area (Å²) in [7, 11) is 0. The first-order valence-electron chi connectivity index (χ1n) is 12.9. The maximum Gasteiger partial charge on any atom is 0.355 e. The van der Waals surface area contributed by atoms with Crippen molar-refractivity contribution in [1.82, 2.24) is 10.3 Å². The standard InChI is InChI=1S/C18H35O2.C9H12N2O/c1-2-3-4-5-6-7-8-9-10-11-12-13-14-15-16-17-18(19)20;1-3-10-9(12)8-5-4-6-11-7(8)2/h2-17H2,1H3;4-6H,3H2,1-2H3,(H,10,12). The summed E-state index contributed by atoms with van der Waals surface area (Å²) >= 11 is 0. The Bertz CT molecular complexity index is 590. The molecule has 0 unspecified atom stereocenters. The molecule has 0 bridgehead atoms. The average molecular weight is 448 g/mol. The van der Waals surface area contributed by atoms with Crippen molar-refractivity contribution in [2.24, 2.45) is 0 Å². The van der Waals surface area contributed by atoms with E-state index in [2.05, 4.69) is 17.2 Å². The van der Waals surface area contributed by atoms with Gasteiger partial charge in [-0.25, -0.2) is 9.90 Å². The third-order valence-electron chi connectivity index (χ3n) is 5.57. The number of amides is 1. The maximum atomic E-state index is 11.3. The lowest BCUT2D eigenvalue weighted by Crippen LogP contribution is -2.23. The molecule has 0 fully saturated rings. The smallest absolute Gasteiger partial charge is 0.352 e. The van der Waals surface area contributed by atoms with E-state index >= 15 is 0 Å². The van der Waals surface area contributed by atoms with Crippen LogP contribution in [0.2, 0.25) is 0 Å². The Hall–Kier alpha value is -1.91. The van der Waals surface area contributed by atoms with Crippen molar-refractivity contribution in [1.29, 1.82) is 0 Å². The van der Waals surface area contributed by atoms with E-state index in [1.165, 1.54) is 83.5 Å². The number of carbonyl (C=O) groups excluding carboxylic acids is 2. The molecule has 5 heteroatoms. The number of rotatable bonds is 18. The van der Waals surface area contributed by atoms with Gasteiger partial charge >= 0.3 is 5.97 Å². The van der Waals surface area contributed by atoms with Crippen molar-refractivity contribution in [3.63, 3.8) is 0 Å². The molecule has 32 heavy (non-hydrogen) atoms. The number of aromatic nitrogens is 1. The maximum absolute atomic E-state index is 11.3. The van der Waals surface area contributed by atoms with Crippen LogP contribution in [-0.4, -0.2) is 23.4 Å². The number of nitrogens with zero attached hydrogens (tertiary/aromatic N) is 1. The van der Waals surface area contributed by atoms with E-state index in [-0.39, 0.29) is 12.3 Å². The molecular weight excluding hydrogens is 400 g/mol. The van der Waals surface area contributed by atoms with E-state index in [0.717, 1.165) is 18.5 Å². The highest BCUT2D eigenvalue weighted by molar-refractivity contribution is 5.95. The van der Waals surface area contributed by atoms with Gasteiger partial charge in [0.1, 0.15) is 0 Å². The second-order valence-electron chi connectivity index (χ2n) is 8.57. The molecule has 1 aromatic heterocycles. The van der Waals surface area contributed by atoms with Gasteiger partial charge in [-0.2, -0.15) is 0 Å². The second-order valence-corrected chi connectivity index (χ2v) is 8.57. The fraction of sp³-hybridized carbons (Fsp3) is 0.741. The monoisotopic (exact) mass is 447 g/mol. The first-order chi connectivity index (χ1) is 15.5. The fourth-order valence-corrected chi connectivity index (χ4v) is 3.62. The van der Waals surface area contributed by atoms with Crippen LogP contribution in [0.25, 0.3) is 0 Å². The minimum atomic E-state index is -0.903. The van der Waals surface area contributed by atoms with Crippen molar-refractivity contribution in [2.45, 2.75) is 124 Å². The van der Waals surface area contributed by atoms with Crippen LogP contribution in [0.5, 0.6) is 0 Å². The summed E-state index contributed by atoms with van der Waals surface area (Å²) in [6, 6.07) is 3.53. The molecule has 1 rings (SSSR count). The molecule has 0 spiro atoms. The lowest BCUT2D eigenvalue weighted by Gasteiger charge is -2.03. The molecule has 1 N–H and O–H groups in total. The SMILES string of the molecule is CCCCCCCCCCCCCCCCCC([O])=O.CCNC(=O)c1cccnc1C. The summed E-state index contributed by atoms with van der Waals surface area (Å²) in [4.78, 5) is 25.6. The molecule has 0 saturated carbocycles. The quantitative estimate of drug-likeness (QED) is 0.239. The van der Waals surface area contributed by atoms with Crippen LogP contribution in [0, 0.1) is 6.92 Å².